The molecule has 0 aliphatic carbocycles. The topological polar surface area (TPSA) is 44.4 Å². The van der Waals surface area contributed by atoms with Crippen molar-refractivity contribution in [2.75, 3.05) is 39.8 Å². The summed E-state index contributed by atoms with van der Waals surface area (Å²) >= 11 is 0. The Morgan fingerprint density at radius 2 is 1.81 bits per heavy atom. The van der Waals surface area contributed by atoms with Gasteiger partial charge < -0.3 is 15.5 Å². The molecule has 0 aromatic rings. The fourth-order valence-electron chi connectivity index (χ4n) is 3.79. The molecule has 0 aromatic carbocycles. The lowest BCUT2D eigenvalue weighted by molar-refractivity contribution is -0.133. The highest BCUT2D eigenvalue weighted by molar-refractivity contribution is 5.82. The summed E-state index contributed by atoms with van der Waals surface area (Å²) in [5.41, 5.74) is 0.171. The Kier molecular flexibility index (Phi) is 5.67. The summed E-state index contributed by atoms with van der Waals surface area (Å²) in [7, 11) is 2.18. The second-order valence-corrected chi connectivity index (χ2v) is 7.58. The van der Waals surface area contributed by atoms with Gasteiger partial charge in [0.15, 0.2) is 0 Å². The summed E-state index contributed by atoms with van der Waals surface area (Å²) < 4.78 is 0. The Hall–Kier alpha value is -0.610. The van der Waals surface area contributed by atoms with Crippen molar-refractivity contribution in [2.45, 2.75) is 52.4 Å². The van der Waals surface area contributed by atoms with Crippen LogP contribution in [0.2, 0.25) is 0 Å². The zero-order valence-corrected chi connectivity index (χ0v) is 14.1. The van der Waals surface area contributed by atoms with Gasteiger partial charge in [0.1, 0.15) is 0 Å². The summed E-state index contributed by atoms with van der Waals surface area (Å²) in [6, 6.07) is 0. The van der Waals surface area contributed by atoms with Crippen molar-refractivity contribution in [1.82, 2.24) is 15.5 Å². The van der Waals surface area contributed by atoms with Gasteiger partial charge in [-0.15, -0.1) is 0 Å². The number of rotatable bonds is 5. The van der Waals surface area contributed by atoms with E-state index < -0.39 is 0 Å². The third kappa shape index (κ3) is 4.19. The standard InChI is InChI=1S/C17H33N3O/c1-4-5-17(6-10-18-11-7-17)15(21)19-14-16(2)8-12-20(3)13-9-16/h18H,4-14H2,1-3H3,(H,19,21). The lowest BCUT2D eigenvalue weighted by Crippen LogP contribution is -2.51. The molecule has 2 N–H and O–H groups in total. The number of likely N-dealkylation sites (tertiary alicyclic amines) is 1. The lowest BCUT2D eigenvalue weighted by atomic mass is 9.74. The van der Waals surface area contributed by atoms with E-state index in [2.05, 4.69) is 36.4 Å². The van der Waals surface area contributed by atoms with E-state index in [4.69, 9.17) is 0 Å². The van der Waals surface area contributed by atoms with Crippen LogP contribution in [0, 0.1) is 10.8 Å². The van der Waals surface area contributed by atoms with Gasteiger partial charge in [-0.2, -0.15) is 0 Å². The average Bonchev–Trinajstić information content (AvgIpc) is 2.49. The van der Waals surface area contributed by atoms with E-state index in [0.29, 0.717) is 5.91 Å². The molecule has 2 aliphatic rings. The molecule has 1 amide bonds. The van der Waals surface area contributed by atoms with E-state index in [1.807, 2.05) is 0 Å². The zero-order chi connectivity index (χ0) is 15.3. The first-order chi connectivity index (χ1) is 10.00. The molecular weight excluding hydrogens is 262 g/mol. The van der Waals surface area contributed by atoms with Gasteiger partial charge in [-0.3, -0.25) is 4.79 Å². The minimum absolute atomic E-state index is 0.109. The Bertz CT molecular complexity index is 336. The summed E-state index contributed by atoms with van der Waals surface area (Å²) in [5.74, 6) is 0.311. The molecule has 2 aliphatic heterocycles. The van der Waals surface area contributed by atoms with E-state index in [1.165, 1.54) is 12.8 Å². The van der Waals surface area contributed by atoms with Crippen LogP contribution >= 0.6 is 0 Å². The second kappa shape index (κ2) is 7.10. The summed E-state index contributed by atoms with van der Waals surface area (Å²) in [6.07, 6.45) is 6.48. The van der Waals surface area contributed by atoms with Gasteiger partial charge in [0, 0.05) is 6.54 Å². The van der Waals surface area contributed by atoms with Crippen LogP contribution in [0.1, 0.15) is 52.4 Å². The van der Waals surface area contributed by atoms with Gasteiger partial charge in [0.2, 0.25) is 5.91 Å². The van der Waals surface area contributed by atoms with E-state index in [0.717, 1.165) is 58.4 Å². The largest absolute Gasteiger partial charge is 0.355 e. The molecule has 0 spiro atoms. The van der Waals surface area contributed by atoms with Crippen LogP contribution in [-0.2, 0) is 4.79 Å². The van der Waals surface area contributed by atoms with Crippen molar-refractivity contribution in [2.24, 2.45) is 10.8 Å². The van der Waals surface area contributed by atoms with Crippen molar-refractivity contribution >= 4 is 5.91 Å². The van der Waals surface area contributed by atoms with Gasteiger partial charge in [0.05, 0.1) is 5.41 Å². The van der Waals surface area contributed by atoms with Crippen molar-refractivity contribution in [1.29, 1.82) is 0 Å². The maximum Gasteiger partial charge on any atom is 0.226 e. The third-order valence-electron chi connectivity index (χ3n) is 5.64. The SMILES string of the molecule is CCCC1(C(=O)NCC2(C)CCN(C)CC2)CCNCC1. The van der Waals surface area contributed by atoms with Crippen LogP contribution in [-0.4, -0.2) is 50.6 Å². The van der Waals surface area contributed by atoms with Crippen LogP contribution in [0.3, 0.4) is 0 Å². The van der Waals surface area contributed by atoms with Crippen LogP contribution in [0.5, 0.6) is 0 Å². The summed E-state index contributed by atoms with van der Waals surface area (Å²) in [4.78, 5) is 15.2. The van der Waals surface area contributed by atoms with E-state index in [-0.39, 0.29) is 10.8 Å². The van der Waals surface area contributed by atoms with Crippen molar-refractivity contribution in [3.8, 4) is 0 Å². The van der Waals surface area contributed by atoms with Gasteiger partial charge in [-0.1, -0.05) is 20.3 Å². The van der Waals surface area contributed by atoms with Crippen molar-refractivity contribution < 1.29 is 4.79 Å². The number of carbonyl (C=O) groups excluding carboxylic acids is 1. The third-order valence-corrected chi connectivity index (χ3v) is 5.64. The van der Waals surface area contributed by atoms with E-state index in [1.54, 1.807) is 0 Å². The average molecular weight is 295 g/mol. The Labute approximate surface area is 130 Å². The van der Waals surface area contributed by atoms with Crippen LogP contribution in [0.15, 0.2) is 0 Å². The second-order valence-electron chi connectivity index (χ2n) is 7.58. The fourth-order valence-corrected chi connectivity index (χ4v) is 3.79. The van der Waals surface area contributed by atoms with Crippen molar-refractivity contribution in [3.05, 3.63) is 0 Å². The Balaban J connectivity index is 1.90. The minimum atomic E-state index is -0.109. The zero-order valence-electron chi connectivity index (χ0n) is 14.1. The quantitative estimate of drug-likeness (QED) is 0.815. The molecule has 2 saturated heterocycles. The monoisotopic (exact) mass is 295 g/mol. The smallest absolute Gasteiger partial charge is 0.226 e. The fraction of sp³-hybridized carbons (Fsp3) is 0.941. The molecule has 0 radical (unpaired) electrons. The Morgan fingerprint density at radius 3 is 2.38 bits per heavy atom. The van der Waals surface area contributed by atoms with Gasteiger partial charge in [0.25, 0.3) is 0 Å². The van der Waals surface area contributed by atoms with Gasteiger partial charge in [-0.05, 0) is 70.7 Å². The van der Waals surface area contributed by atoms with Crippen molar-refractivity contribution in [3.63, 3.8) is 0 Å². The van der Waals surface area contributed by atoms with Crippen LogP contribution < -0.4 is 10.6 Å². The van der Waals surface area contributed by atoms with E-state index >= 15 is 0 Å². The normalized spacial score (nSPS) is 25.5. The molecule has 0 saturated carbocycles. The number of nitrogens with zero attached hydrogens (tertiary/aromatic N) is 1. The first kappa shape index (κ1) is 16.8. The molecule has 21 heavy (non-hydrogen) atoms. The predicted molar refractivity (Wildman–Crippen MR) is 87.3 cm³/mol. The van der Waals surface area contributed by atoms with Crippen LogP contribution in [0.25, 0.3) is 0 Å². The number of carbonyl (C=O) groups is 1. The maximum absolute atomic E-state index is 12.8. The molecule has 122 valence electrons. The predicted octanol–water partition coefficient (Wildman–Crippen LogP) is 2.00. The highest BCUT2D eigenvalue weighted by atomic mass is 16.2. The number of hydrogen-bond acceptors (Lipinski definition) is 3. The minimum Gasteiger partial charge on any atom is -0.355 e. The number of piperidine rings is 2. The molecule has 4 heteroatoms. The maximum atomic E-state index is 12.8. The molecule has 0 bridgehead atoms. The molecule has 0 unspecified atom stereocenters. The summed E-state index contributed by atoms with van der Waals surface area (Å²) in [6.45, 7) is 9.63. The van der Waals surface area contributed by atoms with Gasteiger partial charge >= 0.3 is 0 Å². The van der Waals surface area contributed by atoms with Crippen LogP contribution in [0.4, 0.5) is 0 Å². The molecule has 2 fully saturated rings. The number of hydrogen-bond donors (Lipinski definition) is 2. The lowest BCUT2D eigenvalue weighted by Gasteiger charge is -2.40. The highest BCUT2D eigenvalue weighted by Gasteiger charge is 2.39. The molecule has 4 nitrogen and oxygen atoms in total. The highest BCUT2D eigenvalue weighted by Crippen LogP contribution is 2.35. The molecule has 2 heterocycles. The van der Waals surface area contributed by atoms with E-state index in [9.17, 15) is 4.79 Å². The Morgan fingerprint density at radius 1 is 1.19 bits per heavy atom. The number of amides is 1. The first-order valence-electron chi connectivity index (χ1n) is 8.67. The van der Waals surface area contributed by atoms with Gasteiger partial charge in [-0.25, -0.2) is 0 Å². The molecular formula is C17H33N3O. The molecule has 0 aromatic heterocycles. The first-order valence-corrected chi connectivity index (χ1v) is 8.67. The molecule has 2 rings (SSSR count). The summed E-state index contributed by atoms with van der Waals surface area (Å²) in [5, 5.41) is 6.70. The molecule has 0 atom stereocenters. The number of nitrogens with one attached hydrogen (secondary N) is 2.